The second-order valence-corrected chi connectivity index (χ2v) is 5.60. The molecule has 20 heavy (non-hydrogen) atoms. The molecule has 0 unspecified atom stereocenters. The zero-order valence-corrected chi connectivity index (χ0v) is 13.1. The van der Waals surface area contributed by atoms with E-state index < -0.39 is 24.1 Å². The quantitative estimate of drug-likeness (QED) is 0.568. The molecule has 0 saturated carbocycles. The highest BCUT2D eigenvalue weighted by molar-refractivity contribution is 5.80. The Kier molecular flexibility index (Phi) is 6.39. The van der Waals surface area contributed by atoms with Gasteiger partial charge in [-0.2, -0.15) is 0 Å². The van der Waals surface area contributed by atoms with Gasteiger partial charge in [0, 0.05) is 7.05 Å². The van der Waals surface area contributed by atoms with E-state index in [2.05, 4.69) is 6.92 Å². The van der Waals surface area contributed by atoms with E-state index in [0.717, 1.165) is 24.3 Å². The van der Waals surface area contributed by atoms with Gasteiger partial charge in [-0.1, -0.05) is 26.2 Å². The van der Waals surface area contributed by atoms with Crippen molar-refractivity contribution in [3.8, 4) is 0 Å². The molecule has 1 amide bonds. The fourth-order valence-corrected chi connectivity index (χ4v) is 2.30. The molecule has 1 saturated heterocycles. The van der Waals surface area contributed by atoms with Crippen LogP contribution in [0.1, 0.15) is 46.5 Å². The lowest BCUT2D eigenvalue weighted by atomic mass is 10.0. The van der Waals surface area contributed by atoms with Gasteiger partial charge in [-0.15, -0.1) is 0 Å². The van der Waals surface area contributed by atoms with Crippen LogP contribution in [-0.4, -0.2) is 54.3 Å². The van der Waals surface area contributed by atoms with Crippen LogP contribution in [0.25, 0.3) is 0 Å². The van der Waals surface area contributed by atoms with Gasteiger partial charge < -0.3 is 14.6 Å². The zero-order chi connectivity index (χ0) is 15.3. The molecule has 118 valence electrons. The summed E-state index contributed by atoms with van der Waals surface area (Å²) < 4.78 is 11.3. The number of unbranched alkanes of at least 4 members (excludes halogenated alkanes) is 2. The van der Waals surface area contributed by atoms with Gasteiger partial charge in [-0.25, -0.2) is 5.06 Å². The number of hydrogen-bond donors (Lipinski definition) is 1. The third-order valence-electron chi connectivity index (χ3n) is 3.44. The van der Waals surface area contributed by atoms with Crippen molar-refractivity contribution in [3.63, 3.8) is 0 Å². The number of hydroxylamine groups is 2. The molecule has 0 aromatic rings. The predicted molar refractivity (Wildman–Crippen MR) is 73.8 cm³/mol. The first-order chi connectivity index (χ1) is 9.32. The molecule has 0 spiro atoms. The Morgan fingerprint density at radius 1 is 1.40 bits per heavy atom. The average molecular weight is 289 g/mol. The molecule has 0 bridgehead atoms. The largest absolute Gasteiger partial charge is 0.390 e. The van der Waals surface area contributed by atoms with Crippen LogP contribution in [0.15, 0.2) is 0 Å². The number of aliphatic hydroxyl groups excluding tert-OH is 1. The summed E-state index contributed by atoms with van der Waals surface area (Å²) in [5.41, 5.74) is 0. The SMILES string of the molecule is CCCCC[C@@H](O)[C@@H]1OC(C)(C)O[C@H]1C(=O)N(C)OC. The van der Waals surface area contributed by atoms with E-state index in [1.165, 1.54) is 14.2 Å². The summed E-state index contributed by atoms with van der Waals surface area (Å²) in [6, 6.07) is 0. The molecule has 6 heteroatoms. The number of carbonyl (C=O) groups excluding carboxylic acids is 1. The maximum absolute atomic E-state index is 12.2. The molecule has 1 fully saturated rings. The summed E-state index contributed by atoms with van der Waals surface area (Å²) in [4.78, 5) is 17.1. The Morgan fingerprint density at radius 3 is 2.60 bits per heavy atom. The molecular weight excluding hydrogens is 262 g/mol. The van der Waals surface area contributed by atoms with Crippen LogP contribution in [0.5, 0.6) is 0 Å². The Bertz CT molecular complexity index is 321. The molecule has 1 N–H and O–H groups in total. The summed E-state index contributed by atoms with van der Waals surface area (Å²) in [6.45, 7) is 5.57. The van der Waals surface area contributed by atoms with Gasteiger partial charge in [0.2, 0.25) is 0 Å². The average Bonchev–Trinajstić information content (AvgIpc) is 2.73. The minimum absolute atomic E-state index is 0.349. The highest BCUT2D eigenvalue weighted by Crippen LogP contribution is 2.32. The van der Waals surface area contributed by atoms with Crippen molar-refractivity contribution in [2.75, 3.05) is 14.2 Å². The van der Waals surface area contributed by atoms with E-state index in [4.69, 9.17) is 14.3 Å². The lowest BCUT2D eigenvalue weighted by Crippen LogP contribution is -2.45. The van der Waals surface area contributed by atoms with Crippen molar-refractivity contribution in [1.82, 2.24) is 5.06 Å². The molecule has 0 aromatic carbocycles. The third-order valence-corrected chi connectivity index (χ3v) is 3.44. The molecule has 1 aliphatic heterocycles. The second-order valence-electron chi connectivity index (χ2n) is 5.60. The number of amides is 1. The molecule has 3 atom stereocenters. The number of rotatable bonds is 7. The van der Waals surface area contributed by atoms with Crippen molar-refractivity contribution in [3.05, 3.63) is 0 Å². The van der Waals surface area contributed by atoms with E-state index in [-0.39, 0.29) is 5.91 Å². The van der Waals surface area contributed by atoms with Gasteiger partial charge in [-0.3, -0.25) is 9.63 Å². The highest BCUT2D eigenvalue weighted by Gasteiger charge is 2.49. The summed E-state index contributed by atoms with van der Waals surface area (Å²) in [6.07, 6.45) is 1.40. The third kappa shape index (κ3) is 4.41. The van der Waals surface area contributed by atoms with Crippen LogP contribution >= 0.6 is 0 Å². The van der Waals surface area contributed by atoms with Crippen molar-refractivity contribution in [2.24, 2.45) is 0 Å². The van der Waals surface area contributed by atoms with E-state index in [9.17, 15) is 9.90 Å². The number of ether oxygens (including phenoxy) is 2. The standard InChI is InChI=1S/C14H27NO5/c1-6-7-8-9-10(16)11-12(13(17)15(4)18-5)20-14(2,3)19-11/h10-12,16H,6-9H2,1-5H3/t10-,11+,12-/m1/s1. The van der Waals surface area contributed by atoms with Gasteiger partial charge in [-0.05, 0) is 20.3 Å². The fourth-order valence-electron chi connectivity index (χ4n) is 2.30. The van der Waals surface area contributed by atoms with Gasteiger partial charge in [0.25, 0.3) is 5.91 Å². The van der Waals surface area contributed by atoms with Crippen molar-refractivity contribution >= 4 is 5.91 Å². The van der Waals surface area contributed by atoms with Gasteiger partial charge in [0.15, 0.2) is 11.9 Å². The maximum Gasteiger partial charge on any atom is 0.277 e. The molecular formula is C14H27NO5. The molecule has 1 aliphatic rings. The molecule has 0 aliphatic carbocycles. The summed E-state index contributed by atoms with van der Waals surface area (Å²) in [7, 11) is 2.92. The summed E-state index contributed by atoms with van der Waals surface area (Å²) >= 11 is 0. The number of nitrogens with zero attached hydrogens (tertiary/aromatic N) is 1. The molecule has 0 aromatic heterocycles. The number of carbonyl (C=O) groups is 1. The van der Waals surface area contributed by atoms with Crippen LogP contribution in [-0.2, 0) is 19.1 Å². The van der Waals surface area contributed by atoms with E-state index >= 15 is 0 Å². The van der Waals surface area contributed by atoms with Crippen molar-refractivity contribution in [2.45, 2.75) is 70.6 Å². The first-order valence-corrected chi connectivity index (χ1v) is 7.17. The Morgan fingerprint density at radius 2 is 2.05 bits per heavy atom. The van der Waals surface area contributed by atoms with Crippen LogP contribution in [0.4, 0.5) is 0 Å². The minimum Gasteiger partial charge on any atom is -0.390 e. The van der Waals surface area contributed by atoms with Crippen LogP contribution in [0.3, 0.4) is 0 Å². The Labute approximate surface area is 120 Å². The van der Waals surface area contributed by atoms with Crippen LogP contribution in [0, 0.1) is 0 Å². The van der Waals surface area contributed by atoms with Crippen molar-refractivity contribution in [1.29, 1.82) is 0 Å². The molecule has 6 nitrogen and oxygen atoms in total. The maximum atomic E-state index is 12.2. The molecule has 1 heterocycles. The van der Waals surface area contributed by atoms with E-state index in [1.54, 1.807) is 13.8 Å². The zero-order valence-electron chi connectivity index (χ0n) is 13.1. The first kappa shape index (κ1) is 17.4. The monoisotopic (exact) mass is 289 g/mol. The number of hydrogen-bond acceptors (Lipinski definition) is 5. The normalized spacial score (nSPS) is 26.5. The fraction of sp³-hybridized carbons (Fsp3) is 0.929. The topological polar surface area (TPSA) is 68.2 Å². The summed E-state index contributed by atoms with van der Waals surface area (Å²) in [5.74, 6) is -1.23. The van der Waals surface area contributed by atoms with E-state index in [0.29, 0.717) is 6.42 Å². The van der Waals surface area contributed by atoms with Gasteiger partial charge >= 0.3 is 0 Å². The molecule has 1 rings (SSSR count). The number of aliphatic hydroxyl groups is 1. The Balaban J connectivity index is 2.71. The lowest BCUT2D eigenvalue weighted by molar-refractivity contribution is -0.187. The first-order valence-electron chi connectivity index (χ1n) is 7.17. The summed E-state index contributed by atoms with van der Waals surface area (Å²) in [5, 5.41) is 11.4. The predicted octanol–water partition coefficient (Wildman–Crippen LogP) is 1.47. The van der Waals surface area contributed by atoms with Crippen molar-refractivity contribution < 1.29 is 24.2 Å². The van der Waals surface area contributed by atoms with Gasteiger partial charge in [0.05, 0.1) is 13.2 Å². The minimum atomic E-state index is -0.884. The smallest absolute Gasteiger partial charge is 0.277 e. The number of likely N-dealkylation sites (N-methyl/N-ethyl adjacent to an activating group) is 1. The molecule has 0 radical (unpaired) electrons. The Hall–Kier alpha value is -0.690. The van der Waals surface area contributed by atoms with Gasteiger partial charge in [0.1, 0.15) is 6.10 Å². The highest BCUT2D eigenvalue weighted by atomic mass is 16.8. The second kappa shape index (κ2) is 7.36. The van der Waals surface area contributed by atoms with E-state index in [1.807, 2.05) is 0 Å². The van der Waals surface area contributed by atoms with Crippen LogP contribution < -0.4 is 0 Å². The van der Waals surface area contributed by atoms with Crippen LogP contribution in [0.2, 0.25) is 0 Å². The lowest BCUT2D eigenvalue weighted by Gasteiger charge is -2.24.